The number of halogens is 1. The second-order valence-electron chi connectivity index (χ2n) is 3.00. The molecule has 0 aliphatic rings. The van der Waals surface area contributed by atoms with Crippen molar-refractivity contribution in [1.82, 2.24) is 10.3 Å². The lowest BCUT2D eigenvalue weighted by Crippen LogP contribution is -2.26. The molecule has 5 nitrogen and oxygen atoms in total. The number of nitrogens with zero attached hydrogens (tertiary/aromatic N) is 1. The summed E-state index contributed by atoms with van der Waals surface area (Å²) in [5, 5.41) is 5.79. The number of hydrogen-bond donors (Lipinski definition) is 3. The minimum absolute atomic E-state index is 0.0430. The first-order chi connectivity index (χ1) is 7.11. The van der Waals surface area contributed by atoms with Crippen LogP contribution in [0.5, 0.6) is 0 Å². The van der Waals surface area contributed by atoms with E-state index in [1.807, 2.05) is 0 Å². The molecule has 1 aromatic heterocycles. The molecule has 0 atom stereocenters. The Morgan fingerprint density at radius 2 is 2.27 bits per heavy atom. The van der Waals surface area contributed by atoms with Crippen LogP contribution in [0.25, 0.3) is 0 Å². The summed E-state index contributed by atoms with van der Waals surface area (Å²) in [4.78, 5) is 14.5. The number of amides is 1. The van der Waals surface area contributed by atoms with E-state index in [0.717, 1.165) is 10.2 Å². The average molecular weight is 273 g/mol. The molecular weight excluding hydrogens is 260 g/mol. The van der Waals surface area contributed by atoms with E-state index in [1.165, 1.54) is 6.92 Å². The number of hydrogen-bond acceptors (Lipinski definition) is 4. The first-order valence-electron chi connectivity index (χ1n) is 4.48. The Morgan fingerprint density at radius 1 is 1.53 bits per heavy atom. The Morgan fingerprint density at radius 3 is 2.87 bits per heavy atom. The molecule has 1 rings (SSSR count). The highest BCUT2D eigenvalue weighted by Gasteiger charge is 2.03. The lowest BCUT2D eigenvalue weighted by Gasteiger charge is -2.10. The fourth-order valence-electron chi connectivity index (χ4n) is 1.06. The molecule has 0 fully saturated rings. The van der Waals surface area contributed by atoms with Crippen LogP contribution in [0.15, 0.2) is 16.9 Å². The van der Waals surface area contributed by atoms with Crippen molar-refractivity contribution < 1.29 is 4.79 Å². The number of aromatic nitrogens is 1. The van der Waals surface area contributed by atoms with Gasteiger partial charge >= 0.3 is 0 Å². The molecule has 15 heavy (non-hydrogen) atoms. The van der Waals surface area contributed by atoms with Crippen molar-refractivity contribution in [3.8, 4) is 0 Å². The highest BCUT2D eigenvalue weighted by Crippen LogP contribution is 2.26. The van der Waals surface area contributed by atoms with Crippen LogP contribution in [0.2, 0.25) is 0 Å². The first kappa shape index (κ1) is 11.8. The van der Waals surface area contributed by atoms with Crippen molar-refractivity contribution >= 4 is 33.2 Å². The van der Waals surface area contributed by atoms with Gasteiger partial charge in [0.15, 0.2) is 0 Å². The van der Waals surface area contributed by atoms with Crippen molar-refractivity contribution in [3.63, 3.8) is 0 Å². The fraction of sp³-hybridized carbons (Fsp3) is 0.333. The van der Waals surface area contributed by atoms with Crippen LogP contribution in [0.3, 0.4) is 0 Å². The van der Waals surface area contributed by atoms with E-state index in [2.05, 4.69) is 31.5 Å². The van der Waals surface area contributed by atoms with Crippen LogP contribution in [0, 0.1) is 0 Å². The van der Waals surface area contributed by atoms with Crippen molar-refractivity contribution in [2.45, 2.75) is 6.92 Å². The molecule has 0 aromatic carbocycles. The first-order valence-corrected chi connectivity index (χ1v) is 5.28. The van der Waals surface area contributed by atoms with Crippen molar-refractivity contribution in [2.75, 3.05) is 24.1 Å². The van der Waals surface area contributed by atoms with Crippen molar-refractivity contribution in [3.05, 3.63) is 16.9 Å². The van der Waals surface area contributed by atoms with Gasteiger partial charge in [0.1, 0.15) is 0 Å². The van der Waals surface area contributed by atoms with E-state index in [9.17, 15) is 4.79 Å². The summed E-state index contributed by atoms with van der Waals surface area (Å²) < 4.78 is 0.810. The molecular formula is C9H13BrN4O. The summed E-state index contributed by atoms with van der Waals surface area (Å²) in [5.41, 5.74) is 7.10. The van der Waals surface area contributed by atoms with Gasteiger partial charge in [-0.15, -0.1) is 0 Å². The zero-order valence-corrected chi connectivity index (χ0v) is 9.97. The summed E-state index contributed by atoms with van der Waals surface area (Å²) in [6, 6.07) is 0. The fourth-order valence-corrected chi connectivity index (χ4v) is 1.55. The van der Waals surface area contributed by atoms with Gasteiger partial charge in [0.25, 0.3) is 0 Å². The third kappa shape index (κ3) is 3.75. The molecule has 0 unspecified atom stereocenters. The highest BCUT2D eigenvalue weighted by atomic mass is 79.9. The smallest absolute Gasteiger partial charge is 0.216 e. The number of carbonyl (C=O) groups excluding carboxylic acids is 1. The van der Waals surface area contributed by atoms with Crippen molar-refractivity contribution in [2.24, 2.45) is 0 Å². The van der Waals surface area contributed by atoms with Gasteiger partial charge in [-0.05, 0) is 15.9 Å². The summed E-state index contributed by atoms with van der Waals surface area (Å²) >= 11 is 3.34. The summed E-state index contributed by atoms with van der Waals surface area (Å²) in [7, 11) is 0. The molecule has 0 aliphatic heterocycles. The van der Waals surface area contributed by atoms with Gasteiger partial charge in [0.2, 0.25) is 5.91 Å². The Kier molecular flexibility index (Phi) is 4.36. The SMILES string of the molecule is CC(=O)NCCNc1c(N)cncc1Br. The summed E-state index contributed by atoms with van der Waals surface area (Å²) in [6.07, 6.45) is 3.24. The number of carbonyl (C=O) groups is 1. The van der Waals surface area contributed by atoms with Crippen LogP contribution in [0.4, 0.5) is 11.4 Å². The molecule has 1 heterocycles. The average Bonchev–Trinajstić information content (AvgIpc) is 2.15. The topological polar surface area (TPSA) is 80.0 Å². The van der Waals surface area contributed by atoms with Gasteiger partial charge in [-0.25, -0.2) is 0 Å². The molecule has 1 amide bonds. The third-order valence-corrected chi connectivity index (χ3v) is 2.33. The molecule has 0 saturated carbocycles. The van der Waals surface area contributed by atoms with E-state index in [4.69, 9.17) is 5.73 Å². The lowest BCUT2D eigenvalue weighted by atomic mass is 10.3. The molecule has 0 radical (unpaired) electrons. The number of nitrogens with one attached hydrogen (secondary N) is 2. The summed E-state index contributed by atoms with van der Waals surface area (Å²) in [5.74, 6) is -0.0430. The zero-order chi connectivity index (χ0) is 11.3. The van der Waals surface area contributed by atoms with Gasteiger partial charge in [0, 0.05) is 26.2 Å². The second-order valence-corrected chi connectivity index (χ2v) is 3.85. The van der Waals surface area contributed by atoms with E-state index >= 15 is 0 Å². The number of pyridine rings is 1. The molecule has 6 heteroatoms. The second kappa shape index (κ2) is 5.55. The zero-order valence-electron chi connectivity index (χ0n) is 8.38. The van der Waals surface area contributed by atoms with E-state index in [-0.39, 0.29) is 5.91 Å². The maximum absolute atomic E-state index is 10.6. The van der Waals surface area contributed by atoms with Crippen LogP contribution in [0.1, 0.15) is 6.92 Å². The van der Waals surface area contributed by atoms with E-state index in [1.54, 1.807) is 12.4 Å². The predicted octanol–water partition coefficient (Wildman–Crippen LogP) is 0.974. The number of nitrogens with two attached hydrogens (primary N) is 1. The van der Waals surface area contributed by atoms with Crippen molar-refractivity contribution in [1.29, 1.82) is 0 Å². The molecule has 82 valence electrons. The minimum atomic E-state index is -0.0430. The molecule has 0 aliphatic carbocycles. The lowest BCUT2D eigenvalue weighted by molar-refractivity contribution is -0.118. The standard InChI is InChI=1S/C9H13BrN4O/c1-6(15)13-2-3-14-9-7(10)4-12-5-8(9)11/h4-5H,2-3,11H2,1H3,(H,12,14)(H,13,15). The molecule has 0 saturated heterocycles. The van der Waals surface area contributed by atoms with Gasteiger partial charge in [0.05, 0.1) is 22.0 Å². The molecule has 1 aromatic rings. The number of rotatable bonds is 4. The minimum Gasteiger partial charge on any atom is -0.396 e. The van der Waals surface area contributed by atoms with Crippen LogP contribution in [-0.2, 0) is 4.79 Å². The van der Waals surface area contributed by atoms with Gasteiger partial charge < -0.3 is 16.4 Å². The normalized spacial score (nSPS) is 9.73. The molecule has 0 bridgehead atoms. The van der Waals surface area contributed by atoms with Gasteiger partial charge in [-0.2, -0.15) is 0 Å². The van der Waals surface area contributed by atoms with E-state index in [0.29, 0.717) is 18.8 Å². The number of anilines is 2. The largest absolute Gasteiger partial charge is 0.396 e. The third-order valence-electron chi connectivity index (χ3n) is 1.73. The maximum atomic E-state index is 10.6. The van der Waals surface area contributed by atoms with Crippen LogP contribution >= 0.6 is 15.9 Å². The Labute approximate surface area is 96.6 Å². The quantitative estimate of drug-likeness (QED) is 0.714. The monoisotopic (exact) mass is 272 g/mol. The highest BCUT2D eigenvalue weighted by molar-refractivity contribution is 9.10. The molecule has 0 spiro atoms. The Hall–Kier alpha value is -1.30. The number of nitrogen functional groups attached to an aromatic ring is 1. The summed E-state index contributed by atoms with van der Waals surface area (Å²) in [6.45, 7) is 2.66. The maximum Gasteiger partial charge on any atom is 0.216 e. The van der Waals surface area contributed by atoms with Crippen LogP contribution < -0.4 is 16.4 Å². The van der Waals surface area contributed by atoms with Gasteiger partial charge in [-0.3, -0.25) is 9.78 Å². The predicted molar refractivity (Wildman–Crippen MR) is 63.5 cm³/mol. The van der Waals surface area contributed by atoms with Gasteiger partial charge in [-0.1, -0.05) is 0 Å². The van der Waals surface area contributed by atoms with E-state index < -0.39 is 0 Å². The van der Waals surface area contributed by atoms with Crippen LogP contribution in [-0.4, -0.2) is 24.0 Å². The Balaban J connectivity index is 2.47. The molecule has 4 N–H and O–H groups in total. The Bertz CT molecular complexity index is 336.